The standard InChI is InChI=1S/C16H15BrO2S/c1-13-7-9-15(10-8-13)12-20(18,19)16(17)11-14-5-3-2-4-6-14/h2-11H,12H2,1H3. The van der Waals surface area contributed by atoms with Crippen LogP contribution in [0.2, 0.25) is 0 Å². The van der Waals surface area contributed by atoms with Crippen molar-refractivity contribution in [2.24, 2.45) is 0 Å². The highest BCUT2D eigenvalue weighted by molar-refractivity contribution is 9.13. The summed E-state index contributed by atoms with van der Waals surface area (Å²) in [6.07, 6.45) is 1.63. The van der Waals surface area contributed by atoms with Crippen molar-refractivity contribution in [3.63, 3.8) is 0 Å². The van der Waals surface area contributed by atoms with Crippen LogP contribution in [0.15, 0.2) is 58.4 Å². The molecular weight excluding hydrogens is 336 g/mol. The van der Waals surface area contributed by atoms with Gasteiger partial charge in [0.2, 0.25) is 0 Å². The van der Waals surface area contributed by atoms with Gasteiger partial charge >= 0.3 is 0 Å². The van der Waals surface area contributed by atoms with Crippen molar-refractivity contribution < 1.29 is 8.42 Å². The molecule has 0 aliphatic carbocycles. The highest BCUT2D eigenvalue weighted by Crippen LogP contribution is 2.22. The summed E-state index contributed by atoms with van der Waals surface area (Å²) in [4.78, 5) is 0. The molecule has 0 bridgehead atoms. The SMILES string of the molecule is Cc1ccc(CS(=O)(=O)C(Br)=Cc2ccccc2)cc1. The zero-order valence-electron chi connectivity index (χ0n) is 11.1. The topological polar surface area (TPSA) is 34.1 Å². The fraction of sp³-hybridized carbons (Fsp3) is 0.125. The average molecular weight is 351 g/mol. The Morgan fingerprint density at radius 1 is 1.05 bits per heavy atom. The molecule has 0 saturated carbocycles. The quantitative estimate of drug-likeness (QED) is 0.823. The number of hydrogen-bond acceptors (Lipinski definition) is 2. The molecule has 0 aromatic heterocycles. The van der Waals surface area contributed by atoms with Gasteiger partial charge in [0.15, 0.2) is 9.84 Å². The van der Waals surface area contributed by atoms with Gasteiger partial charge in [-0.05, 0) is 40.1 Å². The Bertz CT molecular complexity index is 702. The lowest BCUT2D eigenvalue weighted by Crippen LogP contribution is -2.03. The van der Waals surface area contributed by atoms with Crippen molar-refractivity contribution in [2.75, 3.05) is 0 Å². The Morgan fingerprint density at radius 2 is 1.65 bits per heavy atom. The summed E-state index contributed by atoms with van der Waals surface area (Å²) in [5.74, 6) is -0.00278. The van der Waals surface area contributed by atoms with Gasteiger partial charge in [-0.1, -0.05) is 60.2 Å². The molecule has 0 amide bonds. The van der Waals surface area contributed by atoms with Crippen LogP contribution in [0.4, 0.5) is 0 Å². The third-order valence-corrected chi connectivity index (χ3v) is 5.99. The van der Waals surface area contributed by atoms with Crippen molar-refractivity contribution >= 4 is 31.8 Å². The molecule has 0 radical (unpaired) electrons. The van der Waals surface area contributed by atoms with Crippen LogP contribution < -0.4 is 0 Å². The Balaban J connectivity index is 2.22. The molecule has 0 aliphatic rings. The molecule has 2 rings (SSSR count). The van der Waals surface area contributed by atoms with E-state index in [0.29, 0.717) is 0 Å². The number of sulfone groups is 1. The summed E-state index contributed by atoms with van der Waals surface area (Å²) in [6.45, 7) is 1.98. The van der Waals surface area contributed by atoms with Crippen LogP contribution in [0.5, 0.6) is 0 Å². The minimum atomic E-state index is -3.35. The van der Waals surface area contributed by atoms with Crippen molar-refractivity contribution in [3.8, 4) is 0 Å². The van der Waals surface area contributed by atoms with Crippen molar-refractivity contribution in [1.82, 2.24) is 0 Å². The van der Waals surface area contributed by atoms with Crippen LogP contribution in [0.3, 0.4) is 0 Å². The van der Waals surface area contributed by atoms with Crippen molar-refractivity contribution in [2.45, 2.75) is 12.7 Å². The Labute approximate surface area is 128 Å². The van der Waals surface area contributed by atoms with Crippen LogP contribution in [0, 0.1) is 6.92 Å². The number of halogens is 1. The predicted molar refractivity (Wildman–Crippen MR) is 87.1 cm³/mol. The summed E-state index contributed by atoms with van der Waals surface area (Å²) >= 11 is 3.18. The van der Waals surface area contributed by atoms with Crippen LogP contribution in [0.25, 0.3) is 6.08 Å². The minimum absolute atomic E-state index is 0.00278. The Morgan fingerprint density at radius 3 is 2.25 bits per heavy atom. The van der Waals surface area contributed by atoms with Crippen LogP contribution in [-0.4, -0.2) is 8.42 Å². The van der Waals surface area contributed by atoms with E-state index in [1.54, 1.807) is 6.08 Å². The smallest absolute Gasteiger partial charge is 0.189 e. The molecule has 0 N–H and O–H groups in total. The first kappa shape index (κ1) is 15.0. The zero-order chi connectivity index (χ0) is 14.6. The second-order valence-corrected chi connectivity index (χ2v) is 7.94. The van der Waals surface area contributed by atoms with E-state index < -0.39 is 9.84 Å². The molecule has 0 heterocycles. The molecule has 0 spiro atoms. The average Bonchev–Trinajstić information content (AvgIpc) is 2.42. The first-order valence-corrected chi connectivity index (χ1v) is 8.62. The molecule has 20 heavy (non-hydrogen) atoms. The van der Waals surface area contributed by atoms with Gasteiger partial charge in [0.05, 0.1) is 5.75 Å². The van der Waals surface area contributed by atoms with Gasteiger partial charge in [-0.15, -0.1) is 0 Å². The summed E-state index contributed by atoms with van der Waals surface area (Å²) in [5.41, 5.74) is 2.76. The van der Waals surface area contributed by atoms with Crippen LogP contribution >= 0.6 is 15.9 Å². The largest absolute Gasteiger partial charge is 0.223 e. The zero-order valence-corrected chi connectivity index (χ0v) is 13.5. The molecule has 0 fully saturated rings. The fourth-order valence-corrected chi connectivity index (χ4v) is 3.44. The van der Waals surface area contributed by atoms with Gasteiger partial charge in [0.1, 0.15) is 3.81 Å². The molecule has 0 aliphatic heterocycles. The maximum atomic E-state index is 12.3. The molecule has 104 valence electrons. The van der Waals surface area contributed by atoms with Gasteiger partial charge in [-0.3, -0.25) is 0 Å². The highest BCUT2D eigenvalue weighted by Gasteiger charge is 2.16. The molecule has 0 atom stereocenters. The third kappa shape index (κ3) is 4.05. The molecular formula is C16H15BrO2S. The number of benzene rings is 2. The number of aryl methyl sites for hydroxylation is 1. The first-order valence-electron chi connectivity index (χ1n) is 6.18. The van der Waals surface area contributed by atoms with E-state index in [4.69, 9.17) is 0 Å². The number of rotatable bonds is 4. The molecule has 2 aromatic rings. The van der Waals surface area contributed by atoms with Gasteiger partial charge in [0.25, 0.3) is 0 Å². The highest BCUT2D eigenvalue weighted by atomic mass is 79.9. The van der Waals surface area contributed by atoms with E-state index >= 15 is 0 Å². The van der Waals surface area contributed by atoms with E-state index in [2.05, 4.69) is 15.9 Å². The van der Waals surface area contributed by atoms with Gasteiger partial charge in [0, 0.05) is 0 Å². The Kier molecular flexibility index (Phi) is 4.78. The van der Waals surface area contributed by atoms with Crippen molar-refractivity contribution in [1.29, 1.82) is 0 Å². The molecule has 4 heteroatoms. The fourth-order valence-electron chi connectivity index (χ4n) is 1.74. The lowest BCUT2D eigenvalue weighted by atomic mass is 10.2. The van der Waals surface area contributed by atoms with Crippen LogP contribution in [0.1, 0.15) is 16.7 Å². The van der Waals surface area contributed by atoms with E-state index in [1.807, 2.05) is 61.5 Å². The molecule has 0 unspecified atom stereocenters. The van der Waals surface area contributed by atoms with Crippen molar-refractivity contribution in [3.05, 3.63) is 75.1 Å². The first-order chi connectivity index (χ1) is 9.47. The summed E-state index contributed by atoms with van der Waals surface area (Å²) in [6, 6.07) is 16.9. The minimum Gasteiger partial charge on any atom is -0.223 e. The summed E-state index contributed by atoms with van der Waals surface area (Å²) < 4.78 is 24.8. The summed E-state index contributed by atoms with van der Waals surface area (Å²) in [5, 5.41) is 0. The van der Waals surface area contributed by atoms with E-state index in [1.165, 1.54) is 0 Å². The van der Waals surface area contributed by atoms with Gasteiger partial charge < -0.3 is 0 Å². The Hall–Kier alpha value is -1.39. The molecule has 2 nitrogen and oxygen atoms in total. The predicted octanol–water partition coefficient (Wildman–Crippen LogP) is 4.30. The molecule has 2 aromatic carbocycles. The van der Waals surface area contributed by atoms with Gasteiger partial charge in [-0.2, -0.15) is 0 Å². The van der Waals surface area contributed by atoms with E-state index in [-0.39, 0.29) is 9.57 Å². The van der Waals surface area contributed by atoms with Gasteiger partial charge in [-0.25, -0.2) is 8.42 Å². The molecule has 0 saturated heterocycles. The summed E-state index contributed by atoms with van der Waals surface area (Å²) in [7, 11) is -3.35. The van der Waals surface area contributed by atoms with E-state index in [9.17, 15) is 8.42 Å². The maximum Gasteiger partial charge on any atom is 0.189 e. The maximum absolute atomic E-state index is 12.3. The lowest BCUT2D eigenvalue weighted by molar-refractivity contribution is 0.603. The van der Waals surface area contributed by atoms with E-state index in [0.717, 1.165) is 16.7 Å². The monoisotopic (exact) mass is 350 g/mol. The second-order valence-electron chi connectivity index (χ2n) is 4.60. The second kappa shape index (κ2) is 6.37. The number of hydrogen-bond donors (Lipinski definition) is 0. The van der Waals surface area contributed by atoms with Crippen LogP contribution in [-0.2, 0) is 15.6 Å². The lowest BCUT2D eigenvalue weighted by Gasteiger charge is -2.04. The normalized spacial score (nSPS) is 12.4. The third-order valence-electron chi connectivity index (χ3n) is 2.85.